The number of nitrogens with one attached hydrogen (secondary N) is 1. The van der Waals surface area contributed by atoms with Crippen molar-refractivity contribution in [3.63, 3.8) is 0 Å². The summed E-state index contributed by atoms with van der Waals surface area (Å²) in [6.07, 6.45) is 6.14. The van der Waals surface area contributed by atoms with Gasteiger partial charge in [-0.15, -0.1) is 11.8 Å². The van der Waals surface area contributed by atoms with E-state index in [1.165, 1.54) is 36.3 Å². The summed E-state index contributed by atoms with van der Waals surface area (Å²) in [5, 5.41) is 3.60. The molecule has 1 N–H and O–H groups in total. The highest BCUT2D eigenvalue weighted by Crippen LogP contribution is 2.30. The first-order chi connectivity index (χ1) is 6.92. The molecule has 1 aromatic carbocycles. The lowest BCUT2D eigenvalue weighted by atomic mass is 9.98. The fraction of sp³-hybridized carbons (Fsp3) is 0.500. The molecule has 14 heavy (non-hydrogen) atoms. The summed E-state index contributed by atoms with van der Waals surface area (Å²) >= 11 is 1.85. The maximum atomic E-state index is 3.60. The fourth-order valence-corrected chi connectivity index (χ4v) is 2.73. The zero-order valence-corrected chi connectivity index (χ0v) is 9.44. The van der Waals surface area contributed by atoms with Gasteiger partial charge in [0.1, 0.15) is 0 Å². The second-order valence-electron chi connectivity index (χ2n) is 3.74. The van der Waals surface area contributed by atoms with Gasteiger partial charge in [-0.3, -0.25) is 0 Å². The maximum Gasteiger partial charge on any atom is 0.0331 e. The zero-order valence-electron chi connectivity index (χ0n) is 8.62. The molecule has 0 saturated carbocycles. The van der Waals surface area contributed by atoms with E-state index in [1.807, 2.05) is 11.8 Å². The first-order valence-corrected chi connectivity index (χ1v) is 6.50. The monoisotopic (exact) mass is 207 g/mol. The maximum absolute atomic E-state index is 3.60. The molecule has 1 saturated heterocycles. The highest BCUT2D eigenvalue weighted by atomic mass is 32.2. The largest absolute Gasteiger partial charge is 0.310 e. The molecule has 1 aliphatic rings. The third kappa shape index (κ3) is 2.12. The summed E-state index contributed by atoms with van der Waals surface area (Å²) in [5.41, 5.74) is 1.49. The van der Waals surface area contributed by atoms with Gasteiger partial charge in [0.25, 0.3) is 0 Å². The van der Waals surface area contributed by atoms with Crippen molar-refractivity contribution in [3.05, 3.63) is 29.8 Å². The van der Waals surface area contributed by atoms with Crippen LogP contribution < -0.4 is 5.32 Å². The van der Waals surface area contributed by atoms with Gasteiger partial charge in [-0.25, -0.2) is 0 Å². The first kappa shape index (κ1) is 10.1. The Kier molecular flexibility index (Phi) is 3.49. The van der Waals surface area contributed by atoms with Gasteiger partial charge in [-0.2, -0.15) is 0 Å². The van der Waals surface area contributed by atoms with E-state index in [0.717, 1.165) is 0 Å². The fourth-order valence-electron chi connectivity index (χ4n) is 2.07. The Hall–Kier alpha value is -0.470. The van der Waals surface area contributed by atoms with E-state index in [-0.39, 0.29) is 0 Å². The molecule has 0 unspecified atom stereocenters. The Balaban J connectivity index is 2.20. The van der Waals surface area contributed by atoms with Crippen LogP contribution in [-0.4, -0.2) is 12.8 Å². The standard InChI is InChI=1S/C12H17NS/c1-14-12-8-3-2-6-10(12)11-7-4-5-9-13-11/h2-3,6,8,11,13H,4-5,7,9H2,1H3/t11-/m1/s1. The Morgan fingerprint density at radius 2 is 2.14 bits per heavy atom. The minimum absolute atomic E-state index is 0.590. The van der Waals surface area contributed by atoms with Crippen molar-refractivity contribution in [2.24, 2.45) is 0 Å². The molecule has 1 fully saturated rings. The first-order valence-electron chi connectivity index (χ1n) is 5.28. The summed E-state index contributed by atoms with van der Waals surface area (Å²) < 4.78 is 0. The zero-order chi connectivity index (χ0) is 9.80. The predicted molar refractivity (Wildman–Crippen MR) is 62.8 cm³/mol. The van der Waals surface area contributed by atoms with Gasteiger partial charge in [-0.1, -0.05) is 24.6 Å². The van der Waals surface area contributed by atoms with Crippen LogP contribution in [0, 0.1) is 0 Å². The van der Waals surface area contributed by atoms with Gasteiger partial charge in [0.2, 0.25) is 0 Å². The highest BCUT2D eigenvalue weighted by molar-refractivity contribution is 7.98. The molecule has 1 atom stereocenters. The third-order valence-electron chi connectivity index (χ3n) is 2.82. The van der Waals surface area contributed by atoms with Crippen molar-refractivity contribution in [1.82, 2.24) is 5.32 Å². The molecule has 0 aromatic heterocycles. The lowest BCUT2D eigenvalue weighted by Gasteiger charge is -2.25. The molecule has 0 spiro atoms. The van der Waals surface area contributed by atoms with Crippen molar-refractivity contribution in [2.45, 2.75) is 30.2 Å². The smallest absolute Gasteiger partial charge is 0.0331 e. The number of hydrogen-bond acceptors (Lipinski definition) is 2. The van der Waals surface area contributed by atoms with Crippen LogP contribution in [0.1, 0.15) is 30.9 Å². The molecular formula is C12H17NS. The van der Waals surface area contributed by atoms with Crippen LogP contribution in [0.15, 0.2) is 29.2 Å². The molecule has 1 aliphatic heterocycles. The average Bonchev–Trinajstić information content (AvgIpc) is 2.30. The van der Waals surface area contributed by atoms with Crippen molar-refractivity contribution < 1.29 is 0 Å². The molecule has 76 valence electrons. The SMILES string of the molecule is CSc1ccccc1[C@H]1CCCCN1. The van der Waals surface area contributed by atoms with Crippen LogP contribution in [0.2, 0.25) is 0 Å². The second kappa shape index (κ2) is 4.85. The molecule has 1 heterocycles. The van der Waals surface area contributed by atoms with E-state index >= 15 is 0 Å². The van der Waals surface area contributed by atoms with Crippen LogP contribution in [0.5, 0.6) is 0 Å². The van der Waals surface area contributed by atoms with Gasteiger partial charge < -0.3 is 5.32 Å². The minimum Gasteiger partial charge on any atom is -0.310 e. The van der Waals surface area contributed by atoms with Gasteiger partial charge >= 0.3 is 0 Å². The molecule has 0 bridgehead atoms. The van der Waals surface area contributed by atoms with Crippen molar-refractivity contribution in [2.75, 3.05) is 12.8 Å². The molecule has 0 amide bonds. The predicted octanol–water partition coefficient (Wildman–Crippen LogP) is 3.22. The summed E-state index contributed by atoms with van der Waals surface area (Å²) in [5.74, 6) is 0. The second-order valence-corrected chi connectivity index (χ2v) is 4.59. The van der Waals surface area contributed by atoms with E-state index in [4.69, 9.17) is 0 Å². The normalized spacial score (nSPS) is 22.2. The Morgan fingerprint density at radius 1 is 1.29 bits per heavy atom. The van der Waals surface area contributed by atoms with Gasteiger partial charge in [-0.05, 0) is 37.3 Å². The Morgan fingerprint density at radius 3 is 2.86 bits per heavy atom. The van der Waals surface area contributed by atoms with Gasteiger partial charge in [0.05, 0.1) is 0 Å². The molecule has 1 nitrogen and oxygen atoms in total. The number of thioether (sulfide) groups is 1. The molecule has 0 aliphatic carbocycles. The lowest BCUT2D eigenvalue weighted by Crippen LogP contribution is -2.27. The number of rotatable bonds is 2. The van der Waals surface area contributed by atoms with Gasteiger partial charge in [0, 0.05) is 10.9 Å². The highest BCUT2D eigenvalue weighted by Gasteiger charge is 2.16. The average molecular weight is 207 g/mol. The summed E-state index contributed by atoms with van der Waals surface area (Å²) in [6, 6.07) is 9.33. The number of hydrogen-bond donors (Lipinski definition) is 1. The molecule has 2 rings (SSSR count). The summed E-state index contributed by atoms with van der Waals surface area (Å²) in [7, 11) is 0. The van der Waals surface area contributed by atoms with Crippen LogP contribution in [0.25, 0.3) is 0 Å². The van der Waals surface area contributed by atoms with E-state index < -0.39 is 0 Å². The van der Waals surface area contributed by atoms with E-state index in [1.54, 1.807) is 0 Å². The minimum atomic E-state index is 0.590. The van der Waals surface area contributed by atoms with E-state index in [0.29, 0.717) is 6.04 Å². The number of benzene rings is 1. The molecule has 2 heteroatoms. The van der Waals surface area contributed by atoms with E-state index in [2.05, 4.69) is 35.8 Å². The Labute approximate surface area is 90.3 Å². The van der Waals surface area contributed by atoms with Gasteiger partial charge in [0.15, 0.2) is 0 Å². The third-order valence-corrected chi connectivity index (χ3v) is 3.64. The van der Waals surface area contributed by atoms with Crippen LogP contribution >= 0.6 is 11.8 Å². The summed E-state index contributed by atoms with van der Waals surface area (Å²) in [4.78, 5) is 1.42. The molecular weight excluding hydrogens is 190 g/mol. The van der Waals surface area contributed by atoms with Crippen LogP contribution in [0.3, 0.4) is 0 Å². The van der Waals surface area contributed by atoms with Crippen LogP contribution in [0.4, 0.5) is 0 Å². The van der Waals surface area contributed by atoms with Crippen molar-refractivity contribution >= 4 is 11.8 Å². The summed E-state index contributed by atoms with van der Waals surface area (Å²) in [6.45, 7) is 1.17. The molecule has 0 radical (unpaired) electrons. The topological polar surface area (TPSA) is 12.0 Å². The van der Waals surface area contributed by atoms with Crippen molar-refractivity contribution in [3.8, 4) is 0 Å². The lowest BCUT2D eigenvalue weighted by molar-refractivity contribution is 0.408. The van der Waals surface area contributed by atoms with Crippen molar-refractivity contribution in [1.29, 1.82) is 0 Å². The van der Waals surface area contributed by atoms with E-state index in [9.17, 15) is 0 Å². The number of piperidine rings is 1. The molecule has 1 aromatic rings. The Bertz CT molecular complexity index is 292. The van der Waals surface area contributed by atoms with Crippen LogP contribution in [-0.2, 0) is 0 Å². The quantitative estimate of drug-likeness (QED) is 0.747.